The number of benzene rings is 1. The van der Waals surface area contributed by atoms with Crippen molar-refractivity contribution in [2.45, 2.75) is 4.90 Å². The molecule has 2 aromatic rings. The molecule has 0 aliphatic rings. The standard InChI is InChI=1S/C10H9BrN2O2S/c1-12-16(14,15)9-4-2-3-7-5-8(11)6-13-10(7)9/h2-6,12H,1H3. The van der Waals surface area contributed by atoms with E-state index in [1.165, 1.54) is 13.1 Å². The van der Waals surface area contributed by atoms with Gasteiger partial charge in [0, 0.05) is 16.1 Å². The topological polar surface area (TPSA) is 59.1 Å². The molecule has 0 fully saturated rings. The Labute approximate surface area is 102 Å². The van der Waals surface area contributed by atoms with E-state index in [0.717, 1.165) is 9.86 Å². The largest absolute Gasteiger partial charge is 0.254 e. The quantitative estimate of drug-likeness (QED) is 0.921. The van der Waals surface area contributed by atoms with Crippen molar-refractivity contribution in [2.24, 2.45) is 0 Å². The zero-order valence-electron chi connectivity index (χ0n) is 8.44. The second-order valence-corrected chi connectivity index (χ2v) is 5.96. The van der Waals surface area contributed by atoms with Crippen LogP contribution in [-0.2, 0) is 10.0 Å². The molecule has 1 N–H and O–H groups in total. The van der Waals surface area contributed by atoms with Gasteiger partial charge < -0.3 is 0 Å². The molecular formula is C10H9BrN2O2S. The van der Waals surface area contributed by atoms with E-state index in [1.807, 2.05) is 12.1 Å². The Bertz CT molecular complexity index is 640. The maximum atomic E-state index is 11.7. The third kappa shape index (κ3) is 1.95. The maximum Gasteiger partial charge on any atom is 0.242 e. The van der Waals surface area contributed by atoms with Crippen molar-refractivity contribution in [3.05, 3.63) is 34.9 Å². The molecule has 1 aromatic carbocycles. The van der Waals surface area contributed by atoms with Crippen molar-refractivity contribution in [1.82, 2.24) is 9.71 Å². The van der Waals surface area contributed by atoms with Crippen molar-refractivity contribution < 1.29 is 8.42 Å². The van der Waals surface area contributed by atoms with E-state index in [9.17, 15) is 8.42 Å². The molecule has 0 atom stereocenters. The van der Waals surface area contributed by atoms with Crippen LogP contribution in [0.15, 0.2) is 39.8 Å². The summed E-state index contributed by atoms with van der Waals surface area (Å²) < 4.78 is 26.6. The van der Waals surface area contributed by atoms with Crippen molar-refractivity contribution in [3.8, 4) is 0 Å². The molecule has 0 spiro atoms. The summed E-state index contributed by atoms with van der Waals surface area (Å²) in [5, 5.41) is 0.783. The SMILES string of the molecule is CNS(=O)(=O)c1cccc2cc(Br)cnc12. The minimum absolute atomic E-state index is 0.194. The molecule has 0 bridgehead atoms. The van der Waals surface area contributed by atoms with Gasteiger partial charge in [-0.3, -0.25) is 4.98 Å². The molecule has 0 amide bonds. The number of sulfonamides is 1. The number of rotatable bonds is 2. The fourth-order valence-corrected chi connectivity index (χ4v) is 2.68. The van der Waals surface area contributed by atoms with Crippen molar-refractivity contribution in [1.29, 1.82) is 0 Å². The summed E-state index contributed by atoms with van der Waals surface area (Å²) in [6, 6.07) is 6.88. The lowest BCUT2D eigenvalue weighted by atomic mass is 10.2. The fraction of sp³-hybridized carbons (Fsp3) is 0.100. The summed E-state index contributed by atoms with van der Waals surface area (Å²) in [6.07, 6.45) is 1.58. The van der Waals surface area contributed by atoms with Crippen molar-refractivity contribution in [3.63, 3.8) is 0 Å². The summed E-state index contributed by atoms with van der Waals surface area (Å²) >= 11 is 3.30. The maximum absolute atomic E-state index is 11.7. The number of aromatic nitrogens is 1. The van der Waals surface area contributed by atoms with Gasteiger partial charge in [-0.15, -0.1) is 0 Å². The average molecular weight is 301 g/mol. The number of nitrogens with one attached hydrogen (secondary N) is 1. The number of hydrogen-bond donors (Lipinski definition) is 1. The van der Waals surface area contributed by atoms with Gasteiger partial charge in [-0.05, 0) is 35.1 Å². The van der Waals surface area contributed by atoms with Gasteiger partial charge >= 0.3 is 0 Å². The van der Waals surface area contributed by atoms with Crippen LogP contribution in [0.3, 0.4) is 0 Å². The summed E-state index contributed by atoms with van der Waals surface area (Å²) in [6.45, 7) is 0. The van der Waals surface area contributed by atoms with Crippen LogP contribution in [0.2, 0.25) is 0 Å². The molecule has 2 rings (SSSR count). The second kappa shape index (κ2) is 4.12. The van der Waals surface area contributed by atoms with Gasteiger partial charge in [0.05, 0.1) is 5.52 Å². The lowest BCUT2D eigenvalue weighted by Crippen LogP contribution is -2.19. The number of nitrogens with zero attached hydrogens (tertiary/aromatic N) is 1. The van der Waals surface area contributed by atoms with Gasteiger partial charge in [-0.2, -0.15) is 0 Å². The molecule has 6 heteroatoms. The Morgan fingerprint density at radius 1 is 1.38 bits per heavy atom. The molecule has 1 heterocycles. The Morgan fingerprint density at radius 3 is 2.81 bits per heavy atom. The number of halogens is 1. The molecule has 0 saturated carbocycles. The van der Waals surface area contributed by atoms with Crippen LogP contribution >= 0.6 is 15.9 Å². The highest BCUT2D eigenvalue weighted by atomic mass is 79.9. The van der Waals surface area contributed by atoms with Crippen LogP contribution in [0, 0.1) is 0 Å². The smallest absolute Gasteiger partial charge is 0.242 e. The zero-order valence-corrected chi connectivity index (χ0v) is 10.8. The molecule has 4 nitrogen and oxygen atoms in total. The third-order valence-corrected chi connectivity index (χ3v) is 4.08. The zero-order chi connectivity index (χ0) is 11.8. The lowest BCUT2D eigenvalue weighted by molar-refractivity contribution is 0.589. The highest BCUT2D eigenvalue weighted by Gasteiger charge is 2.15. The average Bonchev–Trinajstić information content (AvgIpc) is 2.27. The molecule has 0 radical (unpaired) electrons. The number of para-hydroxylation sites is 1. The predicted octanol–water partition coefficient (Wildman–Crippen LogP) is 1.91. The van der Waals surface area contributed by atoms with E-state index in [4.69, 9.17) is 0 Å². The van der Waals surface area contributed by atoms with Crippen molar-refractivity contribution in [2.75, 3.05) is 7.05 Å². The van der Waals surface area contributed by atoms with E-state index in [0.29, 0.717) is 5.52 Å². The minimum atomic E-state index is -3.47. The first kappa shape index (κ1) is 11.5. The van der Waals surface area contributed by atoms with Crippen LogP contribution in [-0.4, -0.2) is 20.4 Å². The molecule has 1 aromatic heterocycles. The fourth-order valence-electron chi connectivity index (χ4n) is 1.43. The summed E-state index contributed by atoms with van der Waals surface area (Å²) in [4.78, 5) is 4.32. The van der Waals surface area contributed by atoms with Gasteiger partial charge in [0.25, 0.3) is 0 Å². The Morgan fingerprint density at radius 2 is 2.12 bits per heavy atom. The van der Waals surface area contributed by atoms with Crippen LogP contribution in [0.5, 0.6) is 0 Å². The predicted molar refractivity (Wildman–Crippen MR) is 65.7 cm³/mol. The van der Waals surface area contributed by atoms with Gasteiger partial charge in [-0.1, -0.05) is 12.1 Å². The molecular weight excluding hydrogens is 292 g/mol. The van der Waals surface area contributed by atoms with E-state index in [1.54, 1.807) is 12.3 Å². The lowest BCUT2D eigenvalue weighted by Gasteiger charge is -2.05. The molecule has 84 valence electrons. The van der Waals surface area contributed by atoms with Crippen LogP contribution in [0.25, 0.3) is 10.9 Å². The van der Waals surface area contributed by atoms with E-state index >= 15 is 0 Å². The third-order valence-electron chi connectivity index (χ3n) is 2.20. The Balaban J connectivity index is 2.82. The summed E-state index contributed by atoms with van der Waals surface area (Å²) in [5.41, 5.74) is 0.472. The number of fused-ring (bicyclic) bond motifs is 1. The number of hydrogen-bond acceptors (Lipinski definition) is 3. The monoisotopic (exact) mass is 300 g/mol. The molecule has 0 saturated heterocycles. The molecule has 0 aliphatic carbocycles. The van der Waals surface area contributed by atoms with Crippen LogP contribution in [0.4, 0.5) is 0 Å². The van der Waals surface area contributed by atoms with Gasteiger partial charge in [-0.25, -0.2) is 13.1 Å². The first-order chi connectivity index (χ1) is 7.54. The molecule has 0 unspecified atom stereocenters. The number of pyridine rings is 1. The Kier molecular flexibility index (Phi) is 2.96. The van der Waals surface area contributed by atoms with Gasteiger partial charge in [0.2, 0.25) is 10.0 Å². The minimum Gasteiger partial charge on any atom is -0.254 e. The molecule has 0 aliphatic heterocycles. The highest BCUT2D eigenvalue weighted by molar-refractivity contribution is 9.10. The van der Waals surface area contributed by atoms with Crippen LogP contribution in [0.1, 0.15) is 0 Å². The van der Waals surface area contributed by atoms with Crippen molar-refractivity contribution >= 4 is 36.9 Å². The normalized spacial score (nSPS) is 11.9. The highest BCUT2D eigenvalue weighted by Crippen LogP contribution is 2.23. The van der Waals surface area contributed by atoms with E-state index < -0.39 is 10.0 Å². The summed E-state index contributed by atoms with van der Waals surface area (Å²) in [7, 11) is -2.08. The van der Waals surface area contributed by atoms with E-state index in [-0.39, 0.29) is 4.90 Å². The second-order valence-electron chi connectivity index (χ2n) is 3.19. The van der Waals surface area contributed by atoms with E-state index in [2.05, 4.69) is 25.6 Å². The van der Waals surface area contributed by atoms with Gasteiger partial charge in [0.1, 0.15) is 4.90 Å². The summed E-state index contributed by atoms with van der Waals surface area (Å²) in [5.74, 6) is 0. The Hall–Kier alpha value is -0.980. The first-order valence-electron chi connectivity index (χ1n) is 4.52. The first-order valence-corrected chi connectivity index (χ1v) is 6.80. The van der Waals surface area contributed by atoms with Gasteiger partial charge in [0.15, 0.2) is 0 Å². The molecule has 16 heavy (non-hydrogen) atoms. The van der Waals surface area contributed by atoms with Crippen LogP contribution < -0.4 is 4.72 Å².